The Labute approximate surface area is 212 Å². The minimum Gasteiger partial charge on any atom is -0.550 e. The molecule has 2 aliphatic rings. The SMILES string of the molecule is [2H]C([2H])([2H])[C@H](CC)C(=O)O[C@H]1C[C@@H](C)C=C2C=C[C@H](C)[C@H](CC[C@@H](O)C[C@@H](O)CC(=O)[O-])[C@H]21.[Na+]. The molecule has 0 aliphatic heterocycles. The van der Waals surface area contributed by atoms with E-state index in [1.54, 1.807) is 6.92 Å². The predicted molar refractivity (Wildman–Crippen MR) is 112 cm³/mol. The van der Waals surface area contributed by atoms with Gasteiger partial charge < -0.3 is 24.9 Å². The van der Waals surface area contributed by atoms with Crippen molar-refractivity contribution < 1.29 is 63.3 Å². The van der Waals surface area contributed by atoms with Crippen LogP contribution in [0, 0.1) is 29.6 Å². The maximum absolute atomic E-state index is 12.8. The van der Waals surface area contributed by atoms with Crippen LogP contribution in [0.25, 0.3) is 0 Å². The van der Waals surface area contributed by atoms with Crippen LogP contribution in [0.5, 0.6) is 0 Å². The van der Waals surface area contributed by atoms with Crippen LogP contribution in [0.4, 0.5) is 0 Å². The average molecular weight is 448 g/mol. The van der Waals surface area contributed by atoms with Gasteiger partial charge in [-0.25, -0.2) is 0 Å². The Morgan fingerprint density at radius 2 is 2.03 bits per heavy atom. The van der Waals surface area contributed by atoms with Gasteiger partial charge in [0.1, 0.15) is 6.10 Å². The summed E-state index contributed by atoms with van der Waals surface area (Å²) in [7, 11) is 0. The second-order valence-electron chi connectivity index (χ2n) is 8.92. The van der Waals surface area contributed by atoms with Crippen molar-refractivity contribution in [3.05, 3.63) is 23.8 Å². The molecule has 0 radical (unpaired) electrons. The fourth-order valence-electron chi connectivity index (χ4n) is 4.71. The molecular weight excluding hydrogens is 407 g/mol. The topological polar surface area (TPSA) is 107 Å². The van der Waals surface area contributed by atoms with Crippen LogP contribution in [0.3, 0.4) is 0 Å². The molecule has 7 heteroatoms. The van der Waals surface area contributed by atoms with E-state index in [-0.39, 0.29) is 66.1 Å². The zero-order chi connectivity index (χ0) is 24.9. The number of aliphatic hydroxyl groups excluding tert-OH is 2. The number of esters is 1. The fraction of sp³-hybridized carbons (Fsp3) is 0.750. The van der Waals surface area contributed by atoms with Gasteiger partial charge in [0, 0.05) is 22.4 Å². The number of aliphatic hydroxyl groups is 2. The molecule has 2 N–H and O–H groups in total. The number of carboxylic acids is 1. The number of carbonyl (C=O) groups excluding carboxylic acids is 2. The molecule has 0 amide bonds. The van der Waals surface area contributed by atoms with Gasteiger partial charge in [-0.15, -0.1) is 0 Å². The number of carbonyl (C=O) groups is 2. The van der Waals surface area contributed by atoms with E-state index >= 15 is 0 Å². The van der Waals surface area contributed by atoms with Crippen molar-refractivity contribution in [2.45, 2.75) is 84.5 Å². The number of ether oxygens (including phenoxy) is 1. The summed E-state index contributed by atoms with van der Waals surface area (Å²) in [6.07, 6.45) is 4.96. The second kappa shape index (κ2) is 13.1. The van der Waals surface area contributed by atoms with Gasteiger partial charge in [0.15, 0.2) is 0 Å². The van der Waals surface area contributed by atoms with Crippen molar-refractivity contribution in [2.24, 2.45) is 29.6 Å². The molecule has 8 atom stereocenters. The van der Waals surface area contributed by atoms with E-state index in [9.17, 15) is 24.9 Å². The summed E-state index contributed by atoms with van der Waals surface area (Å²) in [5.41, 5.74) is 1.06. The van der Waals surface area contributed by atoms with Gasteiger partial charge in [-0.2, -0.15) is 0 Å². The molecule has 0 bridgehead atoms. The van der Waals surface area contributed by atoms with Gasteiger partial charge in [-0.05, 0) is 55.4 Å². The van der Waals surface area contributed by atoms with Crippen molar-refractivity contribution in [3.63, 3.8) is 0 Å². The van der Waals surface area contributed by atoms with Crippen LogP contribution in [-0.4, -0.2) is 40.5 Å². The molecule has 0 aromatic carbocycles. The maximum Gasteiger partial charge on any atom is 1.00 e. The Morgan fingerprint density at radius 1 is 1.32 bits per heavy atom. The number of hydrogen-bond donors (Lipinski definition) is 2. The molecule has 0 heterocycles. The molecule has 0 saturated carbocycles. The Kier molecular flexibility index (Phi) is 9.96. The summed E-state index contributed by atoms with van der Waals surface area (Å²) in [6, 6.07) is 0. The number of allylic oxidation sites excluding steroid dienone is 3. The fourth-order valence-corrected chi connectivity index (χ4v) is 4.71. The largest absolute Gasteiger partial charge is 1.00 e. The molecule has 0 fully saturated rings. The maximum atomic E-state index is 12.8. The predicted octanol–water partition coefficient (Wildman–Crippen LogP) is -0.615. The zero-order valence-corrected chi connectivity index (χ0v) is 21.1. The first-order valence-corrected chi connectivity index (χ1v) is 11.0. The molecule has 31 heavy (non-hydrogen) atoms. The van der Waals surface area contributed by atoms with Crippen molar-refractivity contribution in [1.82, 2.24) is 0 Å². The summed E-state index contributed by atoms with van der Waals surface area (Å²) >= 11 is 0. The summed E-state index contributed by atoms with van der Waals surface area (Å²) in [5.74, 6) is -2.96. The van der Waals surface area contributed by atoms with Crippen LogP contribution < -0.4 is 34.7 Å². The summed E-state index contributed by atoms with van der Waals surface area (Å²) in [4.78, 5) is 23.4. The molecule has 2 rings (SSSR count). The molecule has 2 aliphatic carbocycles. The Morgan fingerprint density at radius 3 is 2.65 bits per heavy atom. The van der Waals surface area contributed by atoms with Crippen molar-refractivity contribution >= 4 is 11.9 Å². The van der Waals surface area contributed by atoms with E-state index in [1.807, 2.05) is 13.0 Å². The standard InChI is InChI=1S/C24H38O6.Na/c1-5-15(3)24(29)30-21-11-14(2)10-17-7-6-16(4)20(23(17)21)9-8-18(25)12-19(26)13-22(27)28;/h6-7,10,14-16,18-21,23,25-26H,5,8-9,11-13H2,1-4H3,(H,27,28);/q;+1/p-1/t14-,15+,16-,18+,19+,20-,21-,23-;/m0./s1/i3D3;. The number of hydrogen-bond acceptors (Lipinski definition) is 6. The smallest absolute Gasteiger partial charge is 0.550 e. The van der Waals surface area contributed by atoms with Gasteiger partial charge in [-0.1, -0.05) is 45.9 Å². The third-order valence-corrected chi connectivity index (χ3v) is 6.34. The van der Waals surface area contributed by atoms with Crippen LogP contribution in [0.2, 0.25) is 0 Å². The van der Waals surface area contributed by atoms with Crippen molar-refractivity contribution in [1.29, 1.82) is 0 Å². The minimum absolute atomic E-state index is 0. The second-order valence-corrected chi connectivity index (χ2v) is 8.92. The average Bonchev–Trinajstić information content (AvgIpc) is 2.65. The summed E-state index contributed by atoms with van der Waals surface area (Å²) in [5, 5.41) is 30.7. The first kappa shape index (κ1) is 23.5. The van der Waals surface area contributed by atoms with E-state index in [0.717, 1.165) is 5.57 Å². The van der Waals surface area contributed by atoms with E-state index in [2.05, 4.69) is 19.1 Å². The molecule has 0 aromatic heterocycles. The quantitative estimate of drug-likeness (QED) is 0.342. The third kappa shape index (κ3) is 8.32. The monoisotopic (exact) mass is 447 g/mol. The van der Waals surface area contributed by atoms with Crippen molar-refractivity contribution in [3.8, 4) is 0 Å². The minimum atomic E-state index is -2.42. The van der Waals surface area contributed by atoms with Gasteiger partial charge in [0.05, 0.1) is 18.1 Å². The number of carboxylic acid groups (broad SMARTS) is 1. The first-order valence-electron chi connectivity index (χ1n) is 12.5. The molecule has 0 saturated heterocycles. The molecule has 0 unspecified atom stereocenters. The van der Waals surface area contributed by atoms with Crippen LogP contribution in [0.1, 0.15) is 70.3 Å². The molecule has 0 aromatic rings. The normalized spacial score (nSPS) is 32.1. The van der Waals surface area contributed by atoms with Gasteiger partial charge in [0.2, 0.25) is 0 Å². The van der Waals surface area contributed by atoms with Crippen LogP contribution >= 0.6 is 0 Å². The zero-order valence-electron chi connectivity index (χ0n) is 22.1. The Bertz CT molecular complexity index is 753. The van der Waals surface area contributed by atoms with E-state index in [4.69, 9.17) is 8.85 Å². The van der Waals surface area contributed by atoms with Gasteiger partial charge in [-0.3, -0.25) is 4.79 Å². The summed E-state index contributed by atoms with van der Waals surface area (Å²) in [6.45, 7) is 3.34. The Balaban J connectivity index is 0.00000578. The summed E-state index contributed by atoms with van der Waals surface area (Å²) < 4.78 is 28.8. The van der Waals surface area contributed by atoms with Crippen LogP contribution in [-0.2, 0) is 14.3 Å². The molecule has 0 spiro atoms. The van der Waals surface area contributed by atoms with E-state index < -0.39 is 49.4 Å². The molecule has 170 valence electrons. The van der Waals surface area contributed by atoms with Crippen molar-refractivity contribution in [2.75, 3.05) is 0 Å². The Hall–Kier alpha value is -0.660. The third-order valence-electron chi connectivity index (χ3n) is 6.34. The number of fused-ring (bicyclic) bond motifs is 1. The number of aliphatic carboxylic acids is 1. The van der Waals surface area contributed by atoms with Gasteiger partial charge in [0.25, 0.3) is 0 Å². The van der Waals surface area contributed by atoms with Crippen LogP contribution in [0.15, 0.2) is 23.8 Å². The first-order chi connectivity index (χ1) is 15.3. The molecule has 6 nitrogen and oxygen atoms in total. The number of rotatable bonds is 10. The molecular formula is C24H37NaO6. The van der Waals surface area contributed by atoms with Gasteiger partial charge >= 0.3 is 35.5 Å². The van der Waals surface area contributed by atoms with E-state index in [0.29, 0.717) is 19.3 Å². The van der Waals surface area contributed by atoms with E-state index in [1.165, 1.54) is 0 Å².